The van der Waals surface area contributed by atoms with Crippen LogP contribution in [0.4, 0.5) is 0 Å². The van der Waals surface area contributed by atoms with Crippen LogP contribution in [0.15, 0.2) is 11.6 Å². The highest BCUT2D eigenvalue weighted by Crippen LogP contribution is 2.20. The van der Waals surface area contributed by atoms with E-state index in [1.165, 1.54) is 64.7 Å². The third kappa shape index (κ3) is 3.60. The molecule has 0 spiro atoms. The van der Waals surface area contributed by atoms with Crippen LogP contribution in [0.25, 0.3) is 0 Å². The molecule has 0 amide bonds. The number of hydrogen-bond donors (Lipinski definition) is 1. The lowest BCUT2D eigenvalue weighted by atomic mass is 9.97. The zero-order valence-corrected chi connectivity index (χ0v) is 10.7. The molecule has 0 aromatic heterocycles. The van der Waals surface area contributed by atoms with Gasteiger partial charge in [0.15, 0.2) is 0 Å². The number of rotatable bonds is 3. The molecule has 0 radical (unpaired) electrons. The molecule has 0 aromatic rings. The second-order valence-electron chi connectivity index (χ2n) is 5.30. The average molecular weight is 222 g/mol. The van der Waals surface area contributed by atoms with Gasteiger partial charge in [0.2, 0.25) is 0 Å². The van der Waals surface area contributed by atoms with Crippen molar-refractivity contribution in [1.82, 2.24) is 10.2 Å². The highest BCUT2D eigenvalue weighted by atomic mass is 15.2. The molecule has 1 aliphatic heterocycles. The van der Waals surface area contributed by atoms with Crippen molar-refractivity contribution in [2.75, 3.05) is 26.2 Å². The van der Waals surface area contributed by atoms with Crippen LogP contribution in [0.2, 0.25) is 0 Å². The second-order valence-corrected chi connectivity index (χ2v) is 5.30. The molecule has 1 unspecified atom stereocenters. The van der Waals surface area contributed by atoms with Gasteiger partial charge in [-0.3, -0.25) is 4.90 Å². The molecule has 92 valence electrons. The molecule has 1 N–H and O–H groups in total. The SMILES string of the molecule is CC1CNCCCN1CCC1=CCCCC1. The summed E-state index contributed by atoms with van der Waals surface area (Å²) >= 11 is 0. The standard InChI is InChI=1S/C14H26N2/c1-13-12-15-9-5-10-16(13)11-8-14-6-3-2-4-7-14/h6,13,15H,2-5,7-12H2,1H3. The van der Waals surface area contributed by atoms with Crippen LogP contribution in [0.5, 0.6) is 0 Å². The lowest BCUT2D eigenvalue weighted by Crippen LogP contribution is -2.38. The zero-order valence-electron chi connectivity index (χ0n) is 10.7. The first-order chi connectivity index (χ1) is 7.86. The van der Waals surface area contributed by atoms with Crippen molar-refractivity contribution in [3.63, 3.8) is 0 Å². The monoisotopic (exact) mass is 222 g/mol. The van der Waals surface area contributed by atoms with E-state index in [1.54, 1.807) is 5.57 Å². The molecule has 2 heteroatoms. The van der Waals surface area contributed by atoms with E-state index in [2.05, 4.69) is 23.2 Å². The van der Waals surface area contributed by atoms with Crippen molar-refractivity contribution < 1.29 is 0 Å². The smallest absolute Gasteiger partial charge is 0.0192 e. The van der Waals surface area contributed by atoms with Crippen LogP contribution in [-0.4, -0.2) is 37.1 Å². The van der Waals surface area contributed by atoms with Crippen molar-refractivity contribution in [3.8, 4) is 0 Å². The van der Waals surface area contributed by atoms with E-state index in [9.17, 15) is 0 Å². The maximum absolute atomic E-state index is 3.51. The van der Waals surface area contributed by atoms with Crippen LogP contribution in [0, 0.1) is 0 Å². The Morgan fingerprint density at radius 2 is 2.31 bits per heavy atom. The average Bonchev–Trinajstić information content (AvgIpc) is 2.53. The van der Waals surface area contributed by atoms with Gasteiger partial charge in [-0.05, 0) is 58.5 Å². The Hall–Kier alpha value is -0.340. The van der Waals surface area contributed by atoms with E-state index in [0.717, 1.165) is 0 Å². The van der Waals surface area contributed by atoms with Crippen molar-refractivity contribution in [2.24, 2.45) is 0 Å². The fourth-order valence-electron chi connectivity index (χ4n) is 2.82. The van der Waals surface area contributed by atoms with Crippen molar-refractivity contribution >= 4 is 0 Å². The number of nitrogens with zero attached hydrogens (tertiary/aromatic N) is 1. The van der Waals surface area contributed by atoms with E-state index in [4.69, 9.17) is 0 Å². The first-order valence-corrected chi connectivity index (χ1v) is 6.99. The van der Waals surface area contributed by atoms with Gasteiger partial charge in [-0.2, -0.15) is 0 Å². The Balaban J connectivity index is 1.76. The summed E-state index contributed by atoms with van der Waals surface area (Å²) < 4.78 is 0. The minimum absolute atomic E-state index is 0.715. The van der Waals surface area contributed by atoms with E-state index in [-0.39, 0.29) is 0 Å². The lowest BCUT2D eigenvalue weighted by Gasteiger charge is -2.27. The predicted molar refractivity (Wildman–Crippen MR) is 69.7 cm³/mol. The molecule has 0 saturated carbocycles. The Bertz CT molecular complexity index is 235. The lowest BCUT2D eigenvalue weighted by molar-refractivity contribution is 0.224. The molecule has 2 rings (SSSR count). The van der Waals surface area contributed by atoms with Crippen LogP contribution in [0.3, 0.4) is 0 Å². The molecule has 1 saturated heterocycles. The maximum Gasteiger partial charge on any atom is 0.0192 e. The molecule has 1 aliphatic carbocycles. The summed E-state index contributed by atoms with van der Waals surface area (Å²) in [6, 6.07) is 0.715. The molecule has 1 atom stereocenters. The van der Waals surface area contributed by atoms with Crippen molar-refractivity contribution in [3.05, 3.63) is 11.6 Å². The molecule has 1 fully saturated rings. The summed E-state index contributed by atoms with van der Waals surface area (Å²) in [5.74, 6) is 0. The van der Waals surface area contributed by atoms with Gasteiger partial charge in [0.1, 0.15) is 0 Å². The van der Waals surface area contributed by atoms with Crippen molar-refractivity contribution in [1.29, 1.82) is 0 Å². The van der Waals surface area contributed by atoms with Gasteiger partial charge in [-0.1, -0.05) is 11.6 Å². The highest BCUT2D eigenvalue weighted by molar-refractivity contribution is 5.05. The summed E-state index contributed by atoms with van der Waals surface area (Å²) in [5, 5.41) is 3.51. The molecular weight excluding hydrogens is 196 g/mol. The quantitative estimate of drug-likeness (QED) is 0.738. The zero-order chi connectivity index (χ0) is 11.2. The van der Waals surface area contributed by atoms with Gasteiger partial charge >= 0.3 is 0 Å². The van der Waals surface area contributed by atoms with Crippen molar-refractivity contribution in [2.45, 2.75) is 51.5 Å². The van der Waals surface area contributed by atoms with Gasteiger partial charge in [-0.25, -0.2) is 0 Å². The van der Waals surface area contributed by atoms with E-state index in [1.807, 2.05) is 0 Å². The third-order valence-electron chi connectivity index (χ3n) is 3.97. The van der Waals surface area contributed by atoms with Gasteiger partial charge in [0, 0.05) is 19.1 Å². The minimum atomic E-state index is 0.715. The van der Waals surface area contributed by atoms with Gasteiger partial charge in [0.25, 0.3) is 0 Å². The molecule has 0 bridgehead atoms. The summed E-state index contributed by atoms with van der Waals surface area (Å²) in [4.78, 5) is 2.66. The molecule has 1 heterocycles. The minimum Gasteiger partial charge on any atom is -0.315 e. The van der Waals surface area contributed by atoms with E-state index in [0.29, 0.717) is 6.04 Å². The molecule has 0 aromatic carbocycles. The fourth-order valence-corrected chi connectivity index (χ4v) is 2.82. The largest absolute Gasteiger partial charge is 0.315 e. The summed E-state index contributed by atoms with van der Waals surface area (Å²) in [6.45, 7) is 7.27. The van der Waals surface area contributed by atoms with Gasteiger partial charge in [0.05, 0.1) is 0 Å². The molecule has 2 aliphatic rings. The van der Waals surface area contributed by atoms with Crippen LogP contribution in [0.1, 0.15) is 45.4 Å². The Morgan fingerprint density at radius 1 is 1.38 bits per heavy atom. The third-order valence-corrected chi connectivity index (χ3v) is 3.97. The normalized spacial score (nSPS) is 28.6. The summed E-state index contributed by atoms with van der Waals surface area (Å²) in [7, 11) is 0. The molecule has 16 heavy (non-hydrogen) atoms. The first-order valence-electron chi connectivity index (χ1n) is 6.99. The Kier molecular flexibility index (Phi) is 4.86. The fraction of sp³-hybridized carbons (Fsp3) is 0.857. The Labute approximate surface area is 100 Å². The molecular formula is C14H26N2. The maximum atomic E-state index is 3.51. The second kappa shape index (κ2) is 6.41. The molecule has 2 nitrogen and oxygen atoms in total. The van der Waals surface area contributed by atoms with Crippen LogP contribution in [-0.2, 0) is 0 Å². The van der Waals surface area contributed by atoms with E-state index >= 15 is 0 Å². The first kappa shape index (κ1) is 12.1. The number of allylic oxidation sites excluding steroid dienone is 1. The van der Waals surface area contributed by atoms with Crippen LogP contribution >= 0.6 is 0 Å². The van der Waals surface area contributed by atoms with Gasteiger partial charge in [-0.15, -0.1) is 0 Å². The Morgan fingerprint density at radius 3 is 3.12 bits per heavy atom. The van der Waals surface area contributed by atoms with Gasteiger partial charge < -0.3 is 5.32 Å². The topological polar surface area (TPSA) is 15.3 Å². The highest BCUT2D eigenvalue weighted by Gasteiger charge is 2.16. The predicted octanol–water partition coefficient (Wildman–Crippen LogP) is 2.56. The number of nitrogens with one attached hydrogen (secondary N) is 1. The number of hydrogen-bond acceptors (Lipinski definition) is 2. The van der Waals surface area contributed by atoms with Crippen LogP contribution < -0.4 is 5.32 Å². The van der Waals surface area contributed by atoms with E-state index < -0.39 is 0 Å². The summed E-state index contributed by atoms with van der Waals surface area (Å²) in [5.41, 5.74) is 1.72. The summed E-state index contributed by atoms with van der Waals surface area (Å²) in [6.07, 6.45) is 10.6.